The predicted octanol–water partition coefficient (Wildman–Crippen LogP) is 4.92. The molecule has 0 saturated carbocycles. The number of carboxylic acids is 1. The first kappa shape index (κ1) is 21.7. The van der Waals surface area contributed by atoms with E-state index in [1.165, 1.54) is 11.1 Å². The van der Waals surface area contributed by atoms with Crippen molar-refractivity contribution in [1.29, 1.82) is 0 Å². The van der Waals surface area contributed by atoms with Crippen molar-refractivity contribution in [3.63, 3.8) is 0 Å². The molecule has 0 amide bonds. The van der Waals surface area contributed by atoms with Gasteiger partial charge in [0.05, 0.1) is 6.42 Å². The zero-order valence-electron chi connectivity index (χ0n) is 17.6. The van der Waals surface area contributed by atoms with Crippen LogP contribution in [0.25, 0.3) is 5.57 Å². The number of rotatable bonds is 5. The Bertz CT molecular complexity index is 853. The SMILES string of the molecule is CC.Cc1ccc2c(c1)COc1ccc(CC(=O)O)cc1/C2=C\CCN(C)C. The summed E-state index contributed by atoms with van der Waals surface area (Å²) in [4.78, 5) is 13.3. The van der Waals surface area contributed by atoms with Gasteiger partial charge in [0, 0.05) is 12.1 Å². The van der Waals surface area contributed by atoms with Gasteiger partial charge < -0.3 is 14.7 Å². The van der Waals surface area contributed by atoms with Gasteiger partial charge in [-0.1, -0.05) is 49.8 Å². The zero-order valence-corrected chi connectivity index (χ0v) is 17.6. The highest BCUT2D eigenvalue weighted by Gasteiger charge is 2.20. The number of aliphatic carboxylic acids is 1. The van der Waals surface area contributed by atoms with Crippen LogP contribution in [0.4, 0.5) is 0 Å². The molecule has 0 saturated heterocycles. The summed E-state index contributed by atoms with van der Waals surface area (Å²) in [7, 11) is 4.12. The van der Waals surface area contributed by atoms with Gasteiger partial charge in [-0.05, 0) is 61.8 Å². The van der Waals surface area contributed by atoms with Crippen LogP contribution in [0.5, 0.6) is 5.75 Å². The quantitative estimate of drug-likeness (QED) is 0.798. The van der Waals surface area contributed by atoms with Gasteiger partial charge in [-0.3, -0.25) is 4.79 Å². The number of benzene rings is 2. The van der Waals surface area contributed by atoms with Crippen molar-refractivity contribution in [2.45, 2.75) is 40.2 Å². The number of hydrogen-bond acceptors (Lipinski definition) is 3. The zero-order chi connectivity index (χ0) is 20.7. The molecule has 1 aliphatic rings. The number of hydrogen-bond donors (Lipinski definition) is 1. The summed E-state index contributed by atoms with van der Waals surface area (Å²) in [5, 5.41) is 9.13. The third-order valence-corrected chi connectivity index (χ3v) is 4.55. The molecule has 0 radical (unpaired) electrons. The molecule has 0 fully saturated rings. The highest BCUT2D eigenvalue weighted by atomic mass is 16.5. The van der Waals surface area contributed by atoms with Crippen molar-refractivity contribution in [2.24, 2.45) is 0 Å². The van der Waals surface area contributed by atoms with Crippen LogP contribution in [0.2, 0.25) is 0 Å². The highest BCUT2D eigenvalue weighted by molar-refractivity contribution is 5.85. The van der Waals surface area contributed by atoms with Crippen molar-refractivity contribution < 1.29 is 14.6 Å². The van der Waals surface area contributed by atoms with E-state index in [4.69, 9.17) is 9.84 Å². The lowest BCUT2D eigenvalue weighted by Gasteiger charge is -2.13. The summed E-state index contributed by atoms with van der Waals surface area (Å²) in [6, 6.07) is 12.1. The molecule has 0 bridgehead atoms. The number of ether oxygens (including phenoxy) is 1. The summed E-state index contributed by atoms with van der Waals surface area (Å²) >= 11 is 0. The van der Waals surface area contributed by atoms with E-state index in [1.54, 1.807) is 0 Å². The van der Waals surface area contributed by atoms with Crippen LogP contribution in [-0.4, -0.2) is 36.6 Å². The number of carbonyl (C=O) groups is 1. The molecule has 4 heteroatoms. The summed E-state index contributed by atoms with van der Waals surface area (Å²) < 4.78 is 6.05. The highest BCUT2D eigenvalue weighted by Crippen LogP contribution is 2.38. The number of carboxylic acid groups (broad SMARTS) is 1. The molecule has 1 aliphatic heterocycles. The maximum Gasteiger partial charge on any atom is 0.307 e. The van der Waals surface area contributed by atoms with E-state index < -0.39 is 5.97 Å². The molecule has 2 aromatic rings. The third-order valence-electron chi connectivity index (χ3n) is 4.55. The van der Waals surface area contributed by atoms with E-state index in [9.17, 15) is 4.79 Å². The average Bonchev–Trinajstić information content (AvgIpc) is 2.79. The maximum absolute atomic E-state index is 11.1. The smallest absolute Gasteiger partial charge is 0.307 e. The molecule has 0 aromatic heterocycles. The Balaban J connectivity index is 0.00000136. The van der Waals surface area contributed by atoms with Crippen LogP contribution in [0, 0.1) is 6.92 Å². The Labute approximate surface area is 168 Å². The molecule has 0 unspecified atom stereocenters. The maximum atomic E-state index is 11.1. The Morgan fingerprint density at radius 1 is 1.14 bits per heavy atom. The molecular weight excluding hydrogens is 350 g/mol. The Hall–Kier alpha value is -2.59. The molecule has 0 atom stereocenters. The van der Waals surface area contributed by atoms with Gasteiger partial charge in [0.2, 0.25) is 0 Å². The molecule has 3 rings (SSSR count). The summed E-state index contributed by atoms with van der Waals surface area (Å²) in [5.41, 5.74) is 6.43. The first-order chi connectivity index (χ1) is 13.4. The van der Waals surface area contributed by atoms with E-state index in [1.807, 2.05) is 32.0 Å². The number of fused-ring (bicyclic) bond motifs is 2. The molecule has 0 spiro atoms. The fraction of sp³-hybridized carbons (Fsp3) is 0.375. The minimum atomic E-state index is -0.825. The monoisotopic (exact) mass is 381 g/mol. The lowest BCUT2D eigenvalue weighted by atomic mass is 9.91. The largest absolute Gasteiger partial charge is 0.488 e. The van der Waals surface area contributed by atoms with E-state index in [0.29, 0.717) is 6.61 Å². The molecule has 0 aliphatic carbocycles. The molecule has 4 nitrogen and oxygen atoms in total. The average molecular weight is 382 g/mol. The Morgan fingerprint density at radius 3 is 2.57 bits per heavy atom. The second-order valence-corrected chi connectivity index (χ2v) is 7.06. The van der Waals surface area contributed by atoms with Gasteiger partial charge in [-0.15, -0.1) is 0 Å². The molecule has 2 aromatic carbocycles. The predicted molar refractivity (Wildman–Crippen MR) is 115 cm³/mol. The minimum absolute atomic E-state index is 0.0129. The van der Waals surface area contributed by atoms with Gasteiger partial charge >= 0.3 is 5.97 Å². The third kappa shape index (κ3) is 5.46. The normalized spacial score (nSPS) is 13.7. The van der Waals surface area contributed by atoms with Crippen LogP contribution < -0.4 is 4.74 Å². The minimum Gasteiger partial charge on any atom is -0.488 e. The van der Waals surface area contributed by atoms with Crippen LogP contribution in [-0.2, 0) is 17.8 Å². The van der Waals surface area contributed by atoms with Gasteiger partial charge in [-0.25, -0.2) is 0 Å². The molecule has 28 heavy (non-hydrogen) atoms. The van der Waals surface area contributed by atoms with Crippen LogP contribution in [0.3, 0.4) is 0 Å². The van der Waals surface area contributed by atoms with E-state index in [2.05, 4.69) is 50.2 Å². The van der Waals surface area contributed by atoms with Crippen LogP contribution in [0.15, 0.2) is 42.5 Å². The first-order valence-electron chi connectivity index (χ1n) is 9.86. The number of nitrogens with zero attached hydrogens (tertiary/aromatic N) is 1. The fourth-order valence-corrected chi connectivity index (χ4v) is 3.29. The first-order valence-corrected chi connectivity index (χ1v) is 9.86. The van der Waals surface area contributed by atoms with Crippen LogP contribution in [0.1, 0.15) is 48.1 Å². The van der Waals surface area contributed by atoms with Crippen molar-refractivity contribution in [1.82, 2.24) is 4.90 Å². The fourth-order valence-electron chi connectivity index (χ4n) is 3.29. The van der Waals surface area contributed by atoms with Crippen molar-refractivity contribution in [3.8, 4) is 5.75 Å². The second-order valence-electron chi connectivity index (χ2n) is 7.06. The van der Waals surface area contributed by atoms with E-state index >= 15 is 0 Å². The van der Waals surface area contributed by atoms with Gasteiger partial charge in [0.25, 0.3) is 0 Å². The van der Waals surface area contributed by atoms with Gasteiger partial charge in [-0.2, -0.15) is 0 Å². The Morgan fingerprint density at radius 2 is 1.89 bits per heavy atom. The standard InChI is InChI=1S/C22H25NO3.C2H6/c1-15-6-8-18-17(11-15)14-26-21-9-7-16(13-22(24)25)12-20(21)19(18)5-4-10-23(2)3;1-2/h5-9,11-12H,4,10,13-14H2,1-3H3,(H,24,25);1-2H3/b19-5-;. The van der Waals surface area contributed by atoms with E-state index in [-0.39, 0.29) is 6.42 Å². The summed E-state index contributed by atoms with van der Waals surface area (Å²) in [5.74, 6) is -0.0160. The van der Waals surface area contributed by atoms with E-state index in [0.717, 1.165) is 41.0 Å². The van der Waals surface area contributed by atoms with Gasteiger partial charge in [0.15, 0.2) is 0 Å². The molecular formula is C24H31NO3. The molecule has 150 valence electrons. The van der Waals surface area contributed by atoms with Crippen LogP contribution >= 0.6 is 0 Å². The summed E-state index contributed by atoms with van der Waals surface area (Å²) in [6.07, 6.45) is 3.17. The number of aryl methyl sites for hydroxylation is 1. The van der Waals surface area contributed by atoms with Crippen molar-refractivity contribution in [2.75, 3.05) is 20.6 Å². The Kier molecular flexibility index (Phi) is 7.82. The summed E-state index contributed by atoms with van der Waals surface area (Å²) in [6.45, 7) is 7.56. The topological polar surface area (TPSA) is 49.8 Å². The van der Waals surface area contributed by atoms with Gasteiger partial charge in [0.1, 0.15) is 12.4 Å². The second kappa shape index (κ2) is 10.1. The lowest BCUT2D eigenvalue weighted by molar-refractivity contribution is -0.136. The van der Waals surface area contributed by atoms with Crippen molar-refractivity contribution >= 4 is 11.5 Å². The van der Waals surface area contributed by atoms with Crippen molar-refractivity contribution in [3.05, 3.63) is 70.3 Å². The molecule has 1 N–H and O–H groups in total. The lowest BCUT2D eigenvalue weighted by Crippen LogP contribution is -2.12. The molecule has 1 heterocycles.